The first kappa shape index (κ1) is 22.0. The summed E-state index contributed by atoms with van der Waals surface area (Å²) in [5.74, 6) is -0.975. The van der Waals surface area contributed by atoms with Crippen molar-refractivity contribution in [3.63, 3.8) is 0 Å². The quantitative estimate of drug-likeness (QED) is 0.425. The Morgan fingerprint density at radius 2 is 1.55 bits per heavy atom. The molecule has 0 saturated carbocycles. The SMILES string of the molecule is CC(NC(=O)c1cccc([N+](=O)[O-])c1)C(=O)NC(c1ccccc1)c1ccc(Cl)cc1. The predicted octanol–water partition coefficient (Wildman–Crippen LogP) is 4.27. The summed E-state index contributed by atoms with van der Waals surface area (Å²) in [6, 6.07) is 20.6. The highest BCUT2D eigenvalue weighted by atomic mass is 35.5. The highest BCUT2D eigenvalue weighted by molar-refractivity contribution is 6.30. The molecule has 0 aliphatic rings. The van der Waals surface area contributed by atoms with Crippen LogP contribution in [0.1, 0.15) is 34.5 Å². The molecule has 158 valence electrons. The maximum atomic E-state index is 12.8. The summed E-state index contributed by atoms with van der Waals surface area (Å²) in [7, 11) is 0. The number of carbonyl (C=O) groups excluding carboxylic acids is 2. The average Bonchev–Trinajstić information content (AvgIpc) is 2.78. The van der Waals surface area contributed by atoms with Gasteiger partial charge >= 0.3 is 0 Å². The number of nitro benzene ring substituents is 1. The molecule has 0 aliphatic carbocycles. The predicted molar refractivity (Wildman–Crippen MR) is 118 cm³/mol. The van der Waals surface area contributed by atoms with E-state index in [9.17, 15) is 19.7 Å². The van der Waals surface area contributed by atoms with Crippen molar-refractivity contribution in [2.75, 3.05) is 0 Å². The summed E-state index contributed by atoms with van der Waals surface area (Å²) in [6.45, 7) is 1.55. The van der Waals surface area contributed by atoms with Crippen LogP contribution in [0.5, 0.6) is 0 Å². The standard InChI is InChI=1S/C23H20ClN3O4/c1-15(25-23(29)18-8-5-9-20(14-18)27(30)31)22(28)26-21(16-6-3-2-4-7-16)17-10-12-19(24)13-11-17/h2-15,21H,1H3,(H,25,29)(H,26,28). The number of amides is 2. The Bertz CT molecular complexity index is 1090. The van der Waals surface area contributed by atoms with Gasteiger partial charge in [-0.1, -0.05) is 60.1 Å². The van der Waals surface area contributed by atoms with E-state index in [1.165, 1.54) is 24.3 Å². The Labute approximate surface area is 184 Å². The fourth-order valence-electron chi connectivity index (χ4n) is 3.03. The molecule has 0 spiro atoms. The Morgan fingerprint density at radius 3 is 2.19 bits per heavy atom. The lowest BCUT2D eigenvalue weighted by molar-refractivity contribution is -0.384. The van der Waals surface area contributed by atoms with E-state index in [1.54, 1.807) is 19.1 Å². The molecule has 0 saturated heterocycles. The molecule has 0 fully saturated rings. The van der Waals surface area contributed by atoms with E-state index in [1.807, 2.05) is 42.5 Å². The number of halogens is 1. The maximum Gasteiger partial charge on any atom is 0.270 e. The van der Waals surface area contributed by atoms with Crippen LogP contribution in [0.3, 0.4) is 0 Å². The van der Waals surface area contributed by atoms with Crippen LogP contribution in [0, 0.1) is 10.1 Å². The van der Waals surface area contributed by atoms with E-state index in [-0.39, 0.29) is 11.3 Å². The van der Waals surface area contributed by atoms with Crippen LogP contribution in [0.15, 0.2) is 78.9 Å². The summed E-state index contributed by atoms with van der Waals surface area (Å²) in [6.07, 6.45) is 0. The molecule has 0 aliphatic heterocycles. The molecular formula is C23H20ClN3O4. The van der Waals surface area contributed by atoms with E-state index in [4.69, 9.17) is 11.6 Å². The maximum absolute atomic E-state index is 12.8. The fourth-order valence-corrected chi connectivity index (χ4v) is 3.16. The zero-order valence-electron chi connectivity index (χ0n) is 16.6. The number of benzene rings is 3. The Morgan fingerprint density at radius 1 is 0.903 bits per heavy atom. The van der Waals surface area contributed by atoms with Gasteiger partial charge in [-0.3, -0.25) is 19.7 Å². The highest BCUT2D eigenvalue weighted by Crippen LogP contribution is 2.23. The van der Waals surface area contributed by atoms with Gasteiger partial charge in [0.2, 0.25) is 5.91 Å². The van der Waals surface area contributed by atoms with E-state index in [0.29, 0.717) is 5.02 Å². The van der Waals surface area contributed by atoms with Gasteiger partial charge in [-0.2, -0.15) is 0 Å². The first-order valence-corrected chi connectivity index (χ1v) is 9.89. The van der Waals surface area contributed by atoms with Crippen molar-refractivity contribution in [1.82, 2.24) is 10.6 Å². The van der Waals surface area contributed by atoms with E-state index in [2.05, 4.69) is 10.6 Å². The molecule has 3 rings (SSSR count). The minimum Gasteiger partial charge on any atom is -0.343 e. The van der Waals surface area contributed by atoms with Crippen LogP contribution in [0.2, 0.25) is 5.02 Å². The highest BCUT2D eigenvalue weighted by Gasteiger charge is 2.22. The molecule has 0 aromatic heterocycles. The van der Waals surface area contributed by atoms with Gasteiger partial charge in [0, 0.05) is 22.7 Å². The van der Waals surface area contributed by atoms with Gasteiger partial charge in [-0.05, 0) is 36.2 Å². The summed E-state index contributed by atoms with van der Waals surface area (Å²) < 4.78 is 0. The summed E-state index contributed by atoms with van der Waals surface area (Å²) >= 11 is 5.99. The minimum atomic E-state index is -0.870. The van der Waals surface area contributed by atoms with Gasteiger partial charge in [0.1, 0.15) is 6.04 Å². The molecule has 31 heavy (non-hydrogen) atoms. The third-order valence-electron chi connectivity index (χ3n) is 4.68. The number of hydrogen-bond donors (Lipinski definition) is 2. The Hall–Kier alpha value is -3.71. The second-order valence-electron chi connectivity index (χ2n) is 6.91. The van der Waals surface area contributed by atoms with Gasteiger partial charge in [-0.25, -0.2) is 0 Å². The van der Waals surface area contributed by atoms with Gasteiger partial charge in [0.25, 0.3) is 11.6 Å². The largest absolute Gasteiger partial charge is 0.343 e. The van der Waals surface area contributed by atoms with Crippen molar-refractivity contribution < 1.29 is 14.5 Å². The first-order chi connectivity index (χ1) is 14.8. The van der Waals surface area contributed by atoms with Crippen LogP contribution in [0.25, 0.3) is 0 Å². The molecule has 3 aromatic carbocycles. The second kappa shape index (κ2) is 9.86. The van der Waals surface area contributed by atoms with Crippen LogP contribution < -0.4 is 10.6 Å². The summed E-state index contributed by atoms with van der Waals surface area (Å²) in [5.41, 5.74) is 1.61. The number of hydrogen-bond acceptors (Lipinski definition) is 4. The second-order valence-corrected chi connectivity index (χ2v) is 7.34. The van der Waals surface area contributed by atoms with Crippen molar-refractivity contribution in [1.29, 1.82) is 0 Å². The van der Waals surface area contributed by atoms with Crippen LogP contribution in [0.4, 0.5) is 5.69 Å². The third-order valence-corrected chi connectivity index (χ3v) is 4.93. The lowest BCUT2D eigenvalue weighted by Gasteiger charge is -2.22. The fraction of sp³-hybridized carbons (Fsp3) is 0.130. The van der Waals surface area contributed by atoms with Gasteiger partial charge in [0.15, 0.2) is 0 Å². The monoisotopic (exact) mass is 437 g/mol. The first-order valence-electron chi connectivity index (χ1n) is 9.51. The number of non-ortho nitro benzene ring substituents is 1. The van der Waals surface area contributed by atoms with Crippen LogP contribution >= 0.6 is 11.6 Å². The normalized spacial score (nSPS) is 12.5. The number of nitrogens with one attached hydrogen (secondary N) is 2. The molecule has 2 atom stereocenters. The molecule has 7 nitrogen and oxygen atoms in total. The molecular weight excluding hydrogens is 418 g/mol. The van der Waals surface area contributed by atoms with Gasteiger partial charge < -0.3 is 10.6 Å². The zero-order valence-corrected chi connectivity index (χ0v) is 17.4. The molecule has 0 radical (unpaired) electrons. The number of carbonyl (C=O) groups is 2. The summed E-state index contributed by atoms with van der Waals surface area (Å²) in [5, 5.41) is 17.0. The lowest BCUT2D eigenvalue weighted by Crippen LogP contribution is -2.46. The average molecular weight is 438 g/mol. The number of rotatable bonds is 7. The van der Waals surface area contributed by atoms with Crippen LogP contribution in [-0.4, -0.2) is 22.8 Å². The zero-order chi connectivity index (χ0) is 22.4. The topological polar surface area (TPSA) is 101 Å². The van der Waals surface area contributed by atoms with Crippen molar-refractivity contribution in [2.45, 2.75) is 19.0 Å². The van der Waals surface area contributed by atoms with E-state index >= 15 is 0 Å². The smallest absolute Gasteiger partial charge is 0.270 e. The number of nitrogens with zero attached hydrogens (tertiary/aromatic N) is 1. The van der Waals surface area contributed by atoms with Crippen LogP contribution in [-0.2, 0) is 4.79 Å². The third kappa shape index (κ3) is 5.67. The molecule has 3 aromatic rings. The van der Waals surface area contributed by atoms with Gasteiger partial charge in [-0.15, -0.1) is 0 Å². The number of nitro groups is 1. The molecule has 2 N–H and O–H groups in total. The van der Waals surface area contributed by atoms with Crippen molar-refractivity contribution in [3.05, 3.63) is 111 Å². The molecule has 8 heteroatoms. The molecule has 2 amide bonds. The molecule has 0 heterocycles. The van der Waals surface area contributed by atoms with E-state index < -0.39 is 28.8 Å². The Balaban J connectivity index is 1.75. The summed E-state index contributed by atoms with van der Waals surface area (Å²) in [4.78, 5) is 35.7. The lowest BCUT2D eigenvalue weighted by atomic mass is 9.98. The van der Waals surface area contributed by atoms with Crippen molar-refractivity contribution in [2.24, 2.45) is 0 Å². The minimum absolute atomic E-state index is 0.103. The molecule has 0 bridgehead atoms. The Kier molecular flexibility index (Phi) is 6.99. The van der Waals surface area contributed by atoms with Gasteiger partial charge in [0.05, 0.1) is 11.0 Å². The molecule has 2 unspecified atom stereocenters. The van der Waals surface area contributed by atoms with Crippen molar-refractivity contribution in [3.8, 4) is 0 Å². The van der Waals surface area contributed by atoms with Crippen molar-refractivity contribution >= 4 is 29.1 Å². The van der Waals surface area contributed by atoms with E-state index in [0.717, 1.165) is 11.1 Å².